The topological polar surface area (TPSA) is 68.2 Å². The highest BCUT2D eigenvalue weighted by Crippen LogP contribution is 2.17. The first-order chi connectivity index (χ1) is 8.31. The molecule has 2 N–H and O–H groups in total. The molecule has 96 valence electrons. The molecule has 1 aromatic heterocycles. The number of nitrogens with two attached hydrogens (primary N) is 1. The van der Waals surface area contributed by atoms with E-state index in [1.54, 1.807) is 0 Å². The smallest absolute Gasteiger partial charge is 0.240 e. The maximum absolute atomic E-state index is 5.67. The van der Waals surface area contributed by atoms with Crippen molar-refractivity contribution in [3.05, 3.63) is 11.7 Å². The van der Waals surface area contributed by atoms with Gasteiger partial charge in [-0.15, -0.1) is 0 Å². The van der Waals surface area contributed by atoms with E-state index in [0.29, 0.717) is 5.92 Å². The van der Waals surface area contributed by atoms with Crippen molar-refractivity contribution in [2.75, 3.05) is 19.6 Å². The van der Waals surface area contributed by atoms with E-state index in [-0.39, 0.29) is 0 Å². The van der Waals surface area contributed by atoms with Gasteiger partial charge >= 0.3 is 0 Å². The second-order valence-electron chi connectivity index (χ2n) is 4.83. The molecule has 1 unspecified atom stereocenters. The third-order valence-corrected chi connectivity index (χ3v) is 3.33. The molecule has 5 heteroatoms. The average Bonchev–Trinajstić information content (AvgIpc) is 2.96. The number of likely N-dealkylation sites (tertiary alicyclic amines) is 1. The lowest BCUT2D eigenvalue weighted by Crippen LogP contribution is -2.22. The Labute approximate surface area is 102 Å². The molecular weight excluding hydrogens is 216 g/mol. The maximum Gasteiger partial charge on any atom is 0.240 e. The summed E-state index contributed by atoms with van der Waals surface area (Å²) in [6.07, 6.45) is 4.39. The first kappa shape index (κ1) is 12.5. The number of hydrogen-bond donors (Lipinski definition) is 1. The average molecular weight is 238 g/mol. The van der Waals surface area contributed by atoms with Crippen LogP contribution in [0.2, 0.25) is 0 Å². The van der Waals surface area contributed by atoms with Gasteiger partial charge in [-0.1, -0.05) is 18.5 Å². The van der Waals surface area contributed by atoms with Crippen LogP contribution in [0.1, 0.15) is 37.9 Å². The van der Waals surface area contributed by atoms with E-state index >= 15 is 0 Å². The minimum absolute atomic E-state index is 0.637. The third kappa shape index (κ3) is 3.51. The van der Waals surface area contributed by atoms with Crippen molar-refractivity contribution >= 4 is 0 Å². The van der Waals surface area contributed by atoms with Crippen LogP contribution in [0.3, 0.4) is 0 Å². The zero-order valence-corrected chi connectivity index (χ0v) is 10.6. The molecule has 1 atom stereocenters. The van der Waals surface area contributed by atoms with Gasteiger partial charge in [0.15, 0.2) is 5.82 Å². The summed E-state index contributed by atoms with van der Waals surface area (Å²) >= 11 is 0. The maximum atomic E-state index is 5.67. The van der Waals surface area contributed by atoms with Crippen molar-refractivity contribution in [2.45, 2.75) is 39.2 Å². The molecule has 5 nitrogen and oxygen atoms in total. The molecule has 0 saturated carbocycles. The number of aromatic nitrogens is 2. The molecule has 0 amide bonds. The monoisotopic (exact) mass is 238 g/mol. The SMILES string of the molecule is CCCCc1noc(CN2CCC(CN)C2)n1. The Hall–Kier alpha value is -0.940. The Morgan fingerprint density at radius 3 is 3.12 bits per heavy atom. The molecule has 0 spiro atoms. The minimum Gasteiger partial charge on any atom is -0.338 e. The number of aryl methyl sites for hydroxylation is 1. The van der Waals surface area contributed by atoms with Gasteiger partial charge in [-0.25, -0.2) is 0 Å². The van der Waals surface area contributed by atoms with Crippen molar-refractivity contribution in [1.82, 2.24) is 15.0 Å². The Balaban J connectivity index is 1.80. The molecule has 1 fully saturated rings. The van der Waals surface area contributed by atoms with E-state index < -0.39 is 0 Å². The molecule has 0 radical (unpaired) electrons. The molecule has 0 bridgehead atoms. The lowest BCUT2D eigenvalue weighted by Gasteiger charge is -2.12. The molecule has 2 heterocycles. The van der Waals surface area contributed by atoms with Gasteiger partial charge in [0, 0.05) is 13.0 Å². The van der Waals surface area contributed by atoms with Crippen LogP contribution >= 0.6 is 0 Å². The van der Waals surface area contributed by atoms with Crippen molar-refractivity contribution < 1.29 is 4.52 Å². The summed E-state index contributed by atoms with van der Waals surface area (Å²) < 4.78 is 5.26. The summed E-state index contributed by atoms with van der Waals surface area (Å²) in [5.74, 6) is 2.22. The van der Waals surface area contributed by atoms with E-state index in [2.05, 4.69) is 22.0 Å². The van der Waals surface area contributed by atoms with E-state index in [1.807, 2.05) is 0 Å². The second-order valence-corrected chi connectivity index (χ2v) is 4.83. The van der Waals surface area contributed by atoms with Crippen molar-refractivity contribution in [3.8, 4) is 0 Å². The van der Waals surface area contributed by atoms with Gasteiger partial charge in [0.2, 0.25) is 5.89 Å². The molecule has 1 aromatic rings. The normalized spacial score (nSPS) is 21.2. The first-order valence-electron chi connectivity index (χ1n) is 6.55. The van der Waals surface area contributed by atoms with E-state index in [0.717, 1.165) is 57.2 Å². The van der Waals surface area contributed by atoms with Crippen LogP contribution in [0, 0.1) is 5.92 Å². The molecule has 0 aromatic carbocycles. The Kier molecular flexibility index (Phi) is 4.50. The predicted molar refractivity (Wildman–Crippen MR) is 65.3 cm³/mol. The number of nitrogens with zero attached hydrogens (tertiary/aromatic N) is 3. The molecule has 17 heavy (non-hydrogen) atoms. The zero-order chi connectivity index (χ0) is 12.1. The largest absolute Gasteiger partial charge is 0.338 e. The fraction of sp³-hybridized carbons (Fsp3) is 0.833. The van der Waals surface area contributed by atoms with E-state index in [4.69, 9.17) is 10.3 Å². The van der Waals surface area contributed by atoms with Gasteiger partial charge in [0.25, 0.3) is 0 Å². The Morgan fingerprint density at radius 1 is 1.53 bits per heavy atom. The summed E-state index contributed by atoms with van der Waals surface area (Å²) in [7, 11) is 0. The summed E-state index contributed by atoms with van der Waals surface area (Å²) in [6, 6.07) is 0. The van der Waals surface area contributed by atoms with Gasteiger partial charge in [-0.3, -0.25) is 4.90 Å². The highest BCUT2D eigenvalue weighted by Gasteiger charge is 2.22. The highest BCUT2D eigenvalue weighted by molar-refractivity contribution is 4.88. The number of rotatable bonds is 6. The van der Waals surface area contributed by atoms with Crippen molar-refractivity contribution in [1.29, 1.82) is 0 Å². The van der Waals surface area contributed by atoms with E-state index in [1.165, 1.54) is 6.42 Å². The van der Waals surface area contributed by atoms with Gasteiger partial charge in [0.05, 0.1) is 6.54 Å². The molecule has 2 rings (SSSR count). The van der Waals surface area contributed by atoms with Crippen LogP contribution in [-0.4, -0.2) is 34.7 Å². The number of hydrogen-bond acceptors (Lipinski definition) is 5. The summed E-state index contributed by atoms with van der Waals surface area (Å²) in [4.78, 5) is 6.75. The van der Waals surface area contributed by atoms with Gasteiger partial charge < -0.3 is 10.3 Å². The second kappa shape index (κ2) is 6.12. The van der Waals surface area contributed by atoms with Crippen LogP contribution in [-0.2, 0) is 13.0 Å². The van der Waals surface area contributed by atoms with Gasteiger partial charge in [-0.05, 0) is 31.8 Å². The van der Waals surface area contributed by atoms with E-state index in [9.17, 15) is 0 Å². The van der Waals surface area contributed by atoms with Crippen LogP contribution in [0.25, 0.3) is 0 Å². The van der Waals surface area contributed by atoms with Crippen molar-refractivity contribution in [3.63, 3.8) is 0 Å². The quantitative estimate of drug-likeness (QED) is 0.806. The summed E-state index contributed by atoms with van der Waals surface area (Å²) in [6.45, 7) is 5.87. The molecule has 1 aliphatic heterocycles. The summed E-state index contributed by atoms with van der Waals surface area (Å²) in [5.41, 5.74) is 5.67. The third-order valence-electron chi connectivity index (χ3n) is 3.33. The summed E-state index contributed by atoms with van der Waals surface area (Å²) in [5, 5.41) is 4.00. The van der Waals surface area contributed by atoms with Crippen molar-refractivity contribution in [2.24, 2.45) is 11.7 Å². The number of unbranched alkanes of at least 4 members (excludes halogenated alkanes) is 1. The molecule has 1 aliphatic rings. The van der Waals surface area contributed by atoms with Crippen LogP contribution in [0.4, 0.5) is 0 Å². The highest BCUT2D eigenvalue weighted by atomic mass is 16.5. The lowest BCUT2D eigenvalue weighted by molar-refractivity contribution is 0.260. The van der Waals surface area contributed by atoms with Gasteiger partial charge in [-0.2, -0.15) is 4.98 Å². The molecule has 1 saturated heterocycles. The molecular formula is C12H22N4O. The van der Waals surface area contributed by atoms with Crippen LogP contribution in [0.5, 0.6) is 0 Å². The lowest BCUT2D eigenvalue weighted by atomic mass is 10.1. The predicted octanol–water partition coefficient (Wildman–Crippen LogP) is 1.19. The van der Waals surface area contributed by atoms with Crippen LogP contribution < -0.4 is 5.73 Å². The first-order valence-corrected chi connectivity index (χ1v) is 6.55. The van der Waals surface area contributed by atoms with Gasteiger partial charge in [0.1, 0.15) is 0 Å². The Bertz CT molecular complexity index is 339. The standard InChI is InChI=1S/C12H22N4O/c1-2-3-4-11-14-12(17-15-11)9-16-6-5-10(7-13)8-16/h10H,2-9,13H2,1H3. The molecule has 0 aliphatic carbocycles. The van der Waals surface area contributed by atoms with Crippen LogP contribution in [0.15, 0.2) is 4.52 Å². The fourth-order valence-electron chi connectivity index (χ4n) is 2.23. The zero-order valence-electron chi connectivity index (χ0n) is 10.6. The fourth-order valence-corrected chi connectivity index (χ4v) is 2.23. The Morgan fingerprint density at radius 2 is 2.41 bits per heavy atom. The minimum atomic E-state index is 0.637.